The second kappa shape index (κ2) is 5.53. The van der Waals surface area contributed by atoms with Gasteiger partial charge in [0.2, 0.25) is 0 Å². The Morgan fingerprint density at radius 2 is 2.20 bits per heavy atom. The molecular weight excluding hydrogens is 216 g/mol. The fourth-order valence-electron chi connectivity index (χ4n) is 1.17. The minimum atomic E-state index is -1.01. The van der Waals surface area contributed by atoms with E-state index in [1.807, 2.05) is 0 Å². The molecule has 3 nitrogen and oxygen atoms in total. The first-order chi connectivity index (χ1) is 7.16. The fraction of sp³-hybridized carbons (Fsp3) is 0.182. The van der Waals surface area contributed by atoms with E-state index in [2.05, 4.69) is 0 Å². The highest BCUT2D eigenvalue weighted by atomic mass is 35.5. The Morgan fingerprint density at radius 3 is 2.80 bits per heavy atom. The number of carboxylic acids is 1. The SMILES string of the molecule is O=C(O)c1cccc(Cl)c1C=CCCO. The highest BCUT2D eigenvalue weighted by Gasteiger charge is 2.09. The molecule has 0 spiro atoms. The zero-order valence-corrected chi connectivity index (χ0v) is 8.74. The van der Waals surface area contributed by atoms with Gasteiger partial charge in [0.1, 0.15) is 0 Å². The first-order valence-electron chi connectivity index (χ1n) is 4.46. The highest BCUT2D eigenvalue weighted by Crippen LogP contribution is 2.21. The van der Waals surface area contributed by atoms with Crippen molar-refractivity contribution in [3.8, 4) is 0 Å². The van der Waals surface area contributed by atoms with Crippen molar-refractivity contribution in [1.29, 1.82) is 0 Å². The number of benzene rings is 1. The summed E-state index contributed by atoms with van der Waals surface area (Å²) in [7, 11) is 0. The maximum absolute atomic E-state index is 10.9. The van der Waals surface area contributed by atoms with Gasteiger partial charge in [-0.3, -0.25) is 0 Å². The second-order valence-electron chi connectivity index (χ2n) is 2.92. The van der Waals surface area contributed by atoms with Crippen LogP contribution < -0.4 is 0 Å². The first-order valence-corrected chi connectivity index (χ1v) is 4.84. The number of carboxylic acid groups (broad SMARTS) is 1. The van der Waals surface area contributed by atoms with Gasteiger partial charge in [0.15, 0.2) is 0 Å². The molecule has 0 aromatic heterocycles. The molecular formula is C11H11ClO3. The van der Waals surface area contributed by atoms with Crippen LogP contribution in [-0.4, -0.2) is 22.8 Å². The van der Waals surface area contributed by atoms with E-state index < -0.39 is 5.97 Å². The average molecular weight is 227 g/mol. The fourth-order valence-corrected chi connectivity index (χ4v) is 1.41. The molecule has 80 valence electrons. The molecule has 0 saturated heterocycles. The van der Waals surface area contributed by atoms with E-state index in [0.717, 1.165) is 0 Å². The molecule has 4 heteroatoms. The van der Waals surface area contributed by atoms with Gasteiger partial charge in [-0.2, -0.15) is 0 Å². The van der Waals surface area contributed by atoms with Crippen LogP contribution in [0.2, 0.25) is 5.02 Å². The van der Waals surface area contributed by atoms with Crippen molar-refractivity contribution in [2.24, 2.45) is 0 Å². The van der Waals surface area contributed by atoms with E-state index in [4.69, 9.17) is 21.8 Å². The zero-order valence-electron chi connectivity index (χ0n) is 7.98. The Kier molecular flexibility index (Phi) is 4.34. The van der Waals surface area contributed by atoms with Crippen molar-refractivity contribution in [2.75, 3.05) is 6.61 Å². The Balaban J connectivity index is 3.07. The van der Waals surface area contributed by atoms with Gasteiger partial charge in [-0.1, -0.05) is 29.8 Å². The molecule has 1 aromatic rings. The van der Waals surface area contributed by atoms with Crippen molar-refractivity contribution in [3.05, 3.63) is 40.4 Å². The third-order valence-corrected chi connectivity index (χ3v) is 2.19. The molecule has 0 unspecified atom stereocenters. The highest BCUT2D eigenvalue weighted by molar-refractivity contribution is 6.32. The quantitative estimate of drug-likeness (QED) is 0.829. The van der Waals surface area contributed by atoms with Gasteiger partial charge < -0.3 is 10.2 Å². The molecule has 0 aliphatic heterocycles. The lowest BCUT2D eigenvalue weighted by Gasteiger charge is -2.02. The van der Waals surface area contributed by atoms with Crippen LogP contribution in [0.3, 0.4) is 0 Å². The first kappa shape index (κ1) is 11.8. The van der Waals surface area contributed by atoms with E-state index in [9.17, 15) is 4.79 Å². The predicted octanol–water partition coefficient (Wildman–Crippen LogP) is 2.43. The number of hydrogen-bond acceptors (Lipinski definition) is 2. The third kappa shape index (κ3) is 3.08. The molecule has 0 fully saturated rings. The van der Waals surface area contributed by atoms with Gasteiger partial charge in [-0.25, -0.2) is 4.79 Å². The molecule has 0 heterocycles. The number of aliphatic hydroxyl groups is 1. The van der Waals surface area contributed by atoms with Gasteiger partial charge in [0.05, 0.1) is 5.56 Å². The standard InChI is InChI=1S/C11H11ClO3/c12-10-6-3-5-9(11(14)15)8(10)4-1-2-7-13/h1,3-6,13H,2,7H2,(H,14,15). The lowest BCUT2D eigenvalue weighted by Crippen LogP contribution is -1.99. The Labute approximate surface area is 92.6 Å². The summed E-state index contributed by atoms with van der Waals surface area (Å²) >= 11 is 5.88. The van der Waals surface area contributed by atoms with Gasteiger partial charge >= 0.3 is 5.97 Å². The van der Waals surface area contributed by atoms with Crippen LogP contribution in [0.15, 0.2) is 24.3 Å². The summed E-state index contributed by atoms with van der Waals surface area (Å²) in [5, 5.41) is 17.9. The predicted molar refractivity (Wildman–Crippen MR) is 59.1 cm³/mol. The van der Waals surface area contributed by atoms with Crippen molar-refractivity contribution in [3.63, 3.8) is 0 Å². The van der Waals surface area contributed by atoms with Gasteiger partial charge in [0, 0.05) is 17.2 Å². The largest absolute Gasteiger partial charge is 0.478 e. The second-order valence-corrected chi connectivity index (χ2v) is 3.33. The molecule has 0 saturated carbocycles. The summed E-state index contributed by atoms with van der Waals surface area (Å²) in [5.41, 5.74) is 0.636. The number of hydrogen-bond donors (Lipinski definition) is 2. The number of halogens is 1. The van der Waals surface area contributed by atoms with Crippen LogP contribution >= 0.6 is 11.6 Å². The number of aromatic carboxylic acids is 1. The monoisotopic (exact) mass is 226 g/mol. The van der Waals surface area contributed by atoms with Gasteiger partial charge in [-0.15, -0.1) is 0 Å². The van der Waals surface area contributed by atoms with Crippen LogP contribution in [0, 0.1) is 0 Å². The number of aliphatic hydroxyl groups excluding tert-OH is 1. The maximum atomic E-state index is 10.9. The van der Waals surface area contributed by atoms with E-state index in [0.29, 0.717) is 17.0 Å². The van der Waals surface area contributed by atoms with Crippen molar-refractivity contribution in [1.82, 2.24) is 0 Å². The molecule has 15 heavy (non-hydrogen) atoms. The van der Waals surface area contributed by atoms with Crippen LogP contribution in [-0.2, 0) is 0 Å². The summed E-state index contributed by atoms with van der Waals surface area (Å²) in [6, 6.07) is 4.72. The Hall–Kier alpha value is -1.32. The van der Waals surface area contributed by atoms with E-state index in [-0.39, 0.29) is 12.2 Å². The summed E-state index contributed by atoms with van der Waals surface area (Å²) < 4.78 is 0. The van der Waals surface area contributed by atoms with Gasteiger partial charge in [-0.05, 0) is 18.6 Å². The Morgan fingerprint density at radius 1 is 1.47 bits per heavy atom. The minimum Gasteiger partial charge on any atom is -0.478 e. The van der Waals surface area contributed by atoms with Crippen molar-refractivity contribution in [2.45, 2.75) is 6.42 Å². The smallest absolute Gasteiger partial charge is 0.336 e. The number of rotatable bonds is 4. The molecule has 0 atom stereocenters. The molecule has 0 aliphatic rings. The molecule has 0 aliphatic carbocycles. The van der Waals surface area contributed by atoms with Crippen molar-refractivity contribution >= 4 is 23.6 Å². The van der Waals surface area contributed by atoms with E-state index in [1.54, 1.807) is 24.3 Å². The van der Waals surface area contributed by atoms with Crippen LogP contribution in [0.1, 0.15) is 22.3 Å². The third-order valence-electron chi connectivity index (χ3n) is 1.86. The van der Waals surface area contributed by atoms with E-state index >= 15 is 0 Å². The molecule has 0 amide bonds. The molecule has 0 radical (unpaired) electrons. The maximum Gasteiger partial charge on any atom is 0.336 e. The summed E-state index contributed by atoms with van der Waals surface area (Å²) in [6.07, 6.45) is 3.78. The molecule has 1 rings (SSSR count). The lowest BCUT2D eigenvalue weighted by atomic mass is 10.1. The van der Waals surface area contributed by atoms with Crippen LogP contribution in [0.4, 0.5) is 0 Å². The zero-order chi connectivity index (χ0) is 11.3. The van der Waals surface area contributed by atoms with Crippen LogP contribution in [0.5, 0.6) is 0 Å². The Bertz CT molecular complexity index is 385. The normalized spacial score (nSPS) is 10.8. The average Bonchev–Trinajstić information content (AvgIpc) is 2.20. The summed E-state index contributed by atoms with van der Waals surface area (Å²) in [4.78, 5) is 10.9. The van der Waals surface area contributed by atoms with E-state index in [1.165, 1.54) is 6.07 Å². The van der Waals surface area contributed by atoms with Gasteiger partial charge in [0.25, 0.3) is 0 Å². The molecule has 0 bridgehead atoms. The topological polar surface area (TPSA) is 57.5 Å². The number of carbonyl (C=O) groups is 1. The lowest BCUT2D eigenvalue weighted by molar-refractivity contribution is 0.0696. The van der Waals surface area contributed by atoms with Crippen molar-refractivity contribution < 1.29 is 15.0 Å². The summed E-state index contributed by atoms with van der Waals surface area (Å²) in [6.45, 7) is 0.0311. The molecule has 2 N–H and O–H groups in total. The minimum absolute atomic E-state index is 0.0311. The molecule has 1 aromatic carbocycles. The van der Waals surface area contributed by atoms with Crippen LogP contribution in [0.25, 0.3) is 6.08 Å². The summed E-state index contributed by atoms with van der Waals surface area (Å²) in [5.74, 6) is -1.01.